The van der Waals surface area contributed by atoms with Crippen LogP contribution < -0.4 is 14.8 Å². The Morgan fingerprint density at radius 1 is 0.972 bits per heavy atom. The molecule has 1 atom stereocenters. The molecule has 0 spiro atoms. The van der Waals surface area contributed by atoms with Crippen LogP contribution in [0.2, 0.25) is 0 Å². The predicted octanol–water partition coefficient (Wildman–Crippen LogP) is 3.53. The maximum Gasteiger partial charge on any atom is 0.338 e. The quantitative estimate of drug-likeness (QED) is 0.416. The van der Waals surface area contributed by atoms with Crippen LogP contribution >= 0.6 is 0 Å². The Bertz CT molecular complexity index is 1400. The summed E-state index contributed by atoms with van der Waals surface area (Å²) in [6.45, 7) is 1.51. The molecule has 0 aromatic heterocycles. The highest BCUT2D eigenvalue weighted by Gasteiger charge is 2.36. The Morgan fingerprint density at radius 3 is 2.47 bits per heavy atom. The standard InChI is InChI=1S/C26H19FN2O7/c1-14(23(30)28-18-6-4-17(27)5-7-18)36-26(33)16-3-8-19-20(11-16)25(32)29(24(19)31)12-15-2-9-21-22(10-15)35-13-34-21/h2-11,14H,12-13H2,1H3,(H,28,30)/t14-/m1/s1. The molecular weight excluding hydrogens is 471 g/mol. The number of nitrogens with one attached hydrogen (secondary N) is 1. The molecule has 0 unspecified atom stereocenters. The smallest absolute Gasteiger partial charge is 0.338 e. The Kier molecular flexibility index (Phi) is 5.85. The average molecular weight is 490 g/mol. The third-order valence-electron chi connectivity index (χ3n) is 5.75. The van der Waals surface area contributed by atoms with Crippen molar-refractivity contribution in [1.82, 2.24) is 4.90 Å². The van der Waals surface area contributed by atoms with Crippen LogP contribution in [-0.2, 0) is 16.1 Å². The molecule has 9 nitrogen and oxygen atoms in total. The number of esters is 1. The maximum absolute atomic E-state index is 13.0. The Morgan fingerprint density at radius 2 is 1.69 bits per heavy atom. The van der Waals surface area contributed by atoms with Crippen molar-refractivity contribution >= 4 is 29.4 Å². The van der Waals surface area contributed by atoms with Gasteiger partial charge in [0, 0.05) is 5.69 Å². The number of fused-ring (bicyclic) bond motifs is 2. The fourth-order valence-corrected chi connectivity index (χ4v) is 3.84. The highest BCUT2D eigenvalue weighted by atomic mass is 19.1. The molecule has 0 saturated carbocycles. The van der Waals surface area contributed by atoms with E-state index in [9.17, 15) is 23.6 Å². The Hall–Kier alpha value is -4.73. The topological polar surface area (TPSA) is 111 Å². The number of imide groups is 1. The molecule has 5 rings (SSSR count). The number of carbonyl (C=O) groups is 4. The summed E-state index contributed by atoms with van der Waals surface area (Å²) in [4.78, 5) is 51.9. The maximum atomic E-state index is 13.0. The second-order valence-corrected chi connectivity index (χ2v) is 8.19. The average Bonchev–Trinajstić information content (AvgIpc) is 3.43. The van der Waals surface area contributed by atoms with Gasteiger partial charge in [-0.2, -0.15) is 0 Å². The molecule has 182 valence electrons. The number of anilines is 1. The summed E-state index contributed by atoms with van der Waals surface area (Å²) in [6.07, 6.45) is -1.17. The zero-order valence-corrected chi connectivity index (χ0v) is 18.9. The SMILES string of the molecule is C[C@@H](OC(=O)c1ccc2c(c1)C(=O)N(Cc1ccc3c(c1)OCO3)C2=O)C(=O)Nc1ccc(F)cc1. The van der Waals surface area contributed by atoms with Crippen LogP contribution in [0, 0.1) is 5.82 Å². The van der Waals surface area contributed by atoms with Crippen molar-refractivity contribution in [3.05, 3.63) is 88.7 Å². The van der Waals surface area contributed by atoms with Crippen molar-refractivity contribution in [3.8, 4) is 11.5 Å². The second kappa shape index (κ2) is 9.14. The van der Waals surface area contributed by atoms with E-state index in [4.69, 9.17) is 14.2 Å². The number of nitrogens with zero attached hydrogens (tertiary/aromatic N) is 1. The van der Waals surface area contributed by atoms with Gasteiger partial charge in [0.1, 0.15) is 5.82 Å². The van der Waals surface area contributed by atoms with E-state index in [0.29, 0.717) is 22.7 Å². The van der Waals surface area contributed by atoms with E-state index in [0.717, 1.165) is 4.90 Å². The monoisotopic (exact) mass is 490 g/mol. The molecule has 1 N–H and O–H groups in total. The zero-order valence-electron chi connectivity index (χ0n) is 18.9. The summed E-state index contributed by atoms with van der Waals surface area (Å²) in [5, 5.41) is 2.52. The number of amides is 3. The lowest BCUT2D eigenvalue weighted by Gasteiger charge is -2.14. The van der Waals surface area contributed by atoms with E-state index < -0.39 is 35.6 Å². The fraction of sp³-hybridized carbons (Fsp3) is 0.154. The first-order valence-corrected chi connectivity index (χ1v) is 11.0. The van der Waals surface area contributed by atoms with Crippen molar-refractivity contribution in [2.45, 2.75) is 19.6 Å². The van der Waals surface area contributed by atoms with Gasteiger partial charge in [-0.3, -0.25) is 19.3 Å². The first kappa shape index (κ1) is 23.0. The van der Waals surface area contributed by atoms with Gasteiger partial charge in [-0.15, -0.1) is 0 Å². The van der Waals surface area contributed by atoms with Crippen LogP contribution in [0.5, 0.6) is 11.5 Å². The molecule has 0 radical (unpaired) electrons. The third-order valence-corrected chi connectivity index (χ3v) is 5.75. The zero-order chi connectivity index (χ0) is 25.4. The number of carbonyl (C=O) groups excluding carboxylic acids is 4. The molecule has 2 aliphatic rings. The van der Waals surface area contributed by atoms with Gasteiger partial charge in [-0.05, 0) is 67.1 Å². The highest BCUT2D eigenvalue weighted by Crippen LogP contribution is 2.34. The lowest BCUT2D eigenvalue weighted by atomic mass is 10.1. The molecule has 0 bridgehead atoms. The van der Waals surface area contributed by atoms with Gasteiger partial charge in [0.15, 0.2) is 17.6 Å². The predicted molar refractivity (Wildman–Crippen MR) is 123 cm³/mol. The molecule has 36 heavy (non-hydrogen) atoms. The molecular formula is C26H19FN2O7. The molecule has 0 fully saturated rings. The lowest BCUT2D eigenvalue weighted by Crippen LogP contribution is -2.30. The van der Waals surface area contributed by atoms with Crippen LogP contribution in [0.15, 0.2) is 60.7 Å². The van der Waals surface area contributed by atoms with E-state index in [-0.39, 0.29) is 30.0 Å². The minimum absolute atomic E-state index is 0.0151. The molecule has 2 heterocycles. The number of hydrogen-bond donors (Lipinski definition) is 1. The van der Waals surface area contributed by atoms with Crippen molar-refractivity contribution in [3.63, 3.8) is 0 Å². The summed E-state index contributed by atoms with van der Waals surface area (Å²) in [5.74, 6) is -1.82. The summed E-state index contributed by atoms with van der Waals surface area (Å²) in [6, 6.07) is 14.3. The number of hydrogen-bond acceptors (Lipinski definition) is 7. The van der Waals surface area contributed by atoms with Crippen LogP contribution in [0.3, 0.4) is 0 Å². The summed E-state index contributed by atoms with van der Waals surface area (Å²) in [5.41, 5.74) is 1.27. The van der Waals surface area contributed by atoms with Gasteiger partial charge < -0.3 is 19.5 Å². The van der Waals surface area contributed by atoms with Crippen molar-refractivity contribution in [2.75, 3.05) is 12.1 Å². The first-order valence-electron chi connectivity index (χ1n) is 11.0. The van der Waals surface area contributed by atoms with Crippen LogP contribution in [-0.4, -0.2) is 41.5 Å². The van der Waals surface area contributed by atoms with E-state index >= 15 is 0 Å². The number of ether oxygens (including phenoxy) is 3. The summed E-state index contributed by atoms with van der Waals surface area (Å²) >= 11 is 0. The van der Waals surface area contributed by atoms with E-state index in [1.165, 1.54) is 49.4 Å². The van der Waals surface area contributed by atoms with E-state index in [2.05, 4.69) is 5.32 Å². The van der Waals surface area contributed by atoms with Gasteiger partial charge in [0.25, 0.3) is 17.7 Å². The second-order valence-electron chi connectivity index (χ2n) is 8.19. The summed E-state index contributed by atoms with van der Waals surface area (Å²) in [7, 11) is 0. The first-order chi connectivity index (χ1) is 17.3. The largest absolute Gasteiger partial charge is 0.454 e. The van der Waals surface area contributed by atoms with Gasteiger partial charge >= 0.3 is 5.97 Å². The lowest BCUT2D eigenvalue weighted by molar-refractivity contribution is -0.123. The van der Waals surface area contributed by atoms with Crippen molar-refractivity contribution in [1.29, 1.82) is 0 Å². The number of rotatable bonds is 6. The van der Waals surface area contributed by atoms with Crippen molar-refractivity contribution in [2.24, 2.45) is 0 Å². The van der Waals surface area contributed by atoms with E-state index in [1.807, 2.05) is 0 Å². The third kappa shape index (κ3) is 4.36. The Balaban J connectivity index is 1.26. The number of halogens is 1. The highest BCUT2D eigenvalue weighted by molar-refractivity contribution is 6.21. The molecule has 10 heteroatoms. The van der Waals surface area contributed by atoms with Crippen molar-refractivity contribution < 1.29 is 37.8 Å². The van der Waals surface area contributed by atoms with E-state index in [1.54, 1.807) is 18.2 Å². The molecule has 0 saturated heterocycles. The van der Waals surface area contributed by atoms with Gasteiger partial charge in [0.05, 0.1) is 23.2 Å². The van der Waals surface area contributed by atoms with Crippen LogP contribution in [0.25, 0.3) is 0 Å². The van der Waals surface area contributed by atoms with Gasteiger partial charge in [-0.25, -0.2) is 9.18 Å². The Labute approximate surface area is 204 Å². The minimum Gasteiger partial charge on any atom is -0.454 e. The number of benzene rings is 3. The molecule has 3 amide bonds. The van der Waals surface area contributed by atoms with Gasteiger partial charge in [0.2, 0.25) is 6.79 Å². The molecule has 2 aliphatic heterocycles. The minimum atomic E-state index is -1.17. The fourth-order valence-electron chi connectivity index (χ4n) is 3.84. The molecule has 0 aliphatic carbocycles. The normalized spacial score (nSPS) is 14.4. The van der Waals surface area contributed by atoms with Gasteiger partial charge in [-0.1, -0.05) is 6.07 Å². The summed E-state index contributed by atoms with van der Waals surface area (Å²) < 4.78 is 28.9. The van der Waals surface area contributed by atoms with Crippen LogP contribution in [0.1, 0.15) is 43.6 Å². The molecule has 3 aromatic carbocycles. The van der Waals surface area contributed by atoms with Crippen LogP contribution in [0.4, 0.5) is 10.1 Å². The molecule has 3 aromatic rings.